The van der Waals surface area contributed by atoms with E-state index in [1.165, 1.54) is 24.6 Å². The molecule has 0 saturated carbocycles. The van der Waals surface area contributed by atoms with Crippen molar-refractivity contribution in [3.63, 3.8) is 0 Å². The molecular formula is C7H17NS2. The molecule has 0 saturated heterocycles. The molecule has 0 aromatic rings. The Morgan fingerprint density at radius 3 is 1.70 bits per heavy atom. The Labute approximate surface area is 72.9 Å². The summed E-state index contributed by atoms with van der Waals surface area (Å²) in [5, 5.41) is 0. The van der Waals surface area contributed by atoms with Crippen LogP contribution in [-0.2, 0) is 0 Å². The normalized spacial score (nSPS) is 10.8. The van der Waals surface area contributed by atoms with E-state index < -0.39 is 0 Å². The van der Waals surface area contributed by atoms with Gasteiger partial charge in [0.1, 0.15) is 0 Å². The number of rotatable bonds is 6. The first-order valence-electron chi connectivity index (χ1n) is 3.47. The van der Waals surface area contributed by atoms with Crippen molar-refractivity contribution >= 4 is 23.5 Å². The second kappa shape index (κ2) is 7.76. The van der Waals surface area contributed by atoms with Crippen LogP contribution in [0.3, 0.4) is 0 Å². The molecule has 0 aliphatic carbocycles. The van der Waals surface area contributed by atoms with E-state index in [0.717, 1.165) is 0 Å². The maximum Gasteiger partial charge on any atom is 0.00695 e. The number of hydrogen-bond donors (Lipinski definition) is 0. The van der Waals surface area contributed by atoms with Crippen LogP contribution in [0.4, 0.5) is 0 Å². The molecule has 62 valence electrons. The molecule has 0 spiro atoms. The summed E-state index contributed by atoms with van der Waals surface area (Å²) in [4.78, 5) is 2.38. The summed E-state index contributed by atoms with van der Waals surface area (Å²) in [6.07, 6.45) is 4.31. The van der Waals surface area contributed by atoms with Gasteiger partial charge in [-0.25, -0.2) is 0 Å². The van der Waals surface area contributed by atoms with Gasteiger partial charge >= 0.3 is 0 Å². The molecule has 0 atom stereocenters. The molecule has 0 aromatic carbocycles. The lowest BCUT2D eigenvalue weighted by Gasteiger charge is -2.14. The van der Waals surface area contributed by atoms with E-state index in [0.29, 0.717) is 0 Å². The van der Waals surface area contributed by atoms with Crippen molar-refractivity contribution in [3.05, 3.63) is 0 Å². The summed E-state index contributed by atoms with van der Waals surface area (Å²) in [7, 11) is 2.19. The van der Waals surface area contributed by atoms with Crippen LogP contribution in [0.25, 0.3) is 0 Å². The van der Waals surface area contributed by atoms with Gasteiger partial charge < -0.3 is 4.90 Å². The molecule has 0 heterocycles. The minimum absolute atomic E-state index is 1.22. The summed E-state index contributed by atoms with van der Waals surface area (Å²) < 4.78 is 0. The van der Waals surface area contributed by atoms with Crippen LogP contribution in [0.1, 0.15) is 0 Å². The van der Waals surface area contributed by atoms with Crippen LogP contribution in [0.15, 0.2) is 0 Å². The fraction of sp³-hybridized carbons (Fsp3) is 1.00. The van der Waals surface area contributed by atoms with Crippen molar-refractivity contribution in [2.24, 2.45) is 0 Å². The molecule has 0 rings (SSSR count). The van der Waals surface area contributed by atoms with Gasteiger partial charge in [-0.1, -0.05) is 0 Å². The fourth-order valence-corrected chi connectivity index (χ4v) is 1.59. The van der Waals surface area contributed by atoms with Gasteiger partial charge in [-0.2, -0.15) is 23.5 Å². The second-order valence-electron chi connectivity index (χ2n) is 2.29. The zero-order valence-corrected chi connectivity index (χ0v) is 8.73. The molecule has 0 bridgehead atoms. The average Bonchev–Trinajstić information content (AvgIpc) is 1.97. The zero-order chi connectivity index (χ0) is 7.82. The van der Waals surface area contributed by atoms with Crippen LogP contribution < -0.4 is 0 Å². The van der Waals surface area contributed by atoms with Crippen LogP contribution >= 0.6 is 23.5 Å². The highest BCUT2D eigenvalue weighted by Crippen LogP contribution is 1.96. The van der Waals surface area contributed by atoms with Gasteiger partial charge in [0.2, 0.25) is 0 Å². The highest BCUT2D eigenvalue weighted by molar-refractivity contribution is 7.98. The minimum Gasteiger partial charge on any atom is -0.305 e. The van der Waals surface area contributed by atoms with Crippen molar-refractivity contribution in [3.8, 4) is 0 Å². The summed E-state index contributed by atoms with van der Waals surface area (Å²) in [5.74, 6) is 2.51. The Morgan fingerprint density at radius 2 is 1.40 bits per heavy atom. The van der Waals surface area contributed by atoms with Gasteiger partial charge in [0.15, 0.2) is 0 Å². The lowest BCUT2D eigenvalue weighted by atomic mass is 10.6. The molecular weight excluding hydrogens is 162 g/mol. The number of hydrogen-bond acceptors (Lipinski definition) is 3. The summed E-state index contributed by atoms with van der Waals surface area (Å²) >= 11 is 3.83. The van der Waals surface area contributed by atoms with E-state index in [2.05, 4.69) is 24.5 Å². The Morgan fingerprint density at radius 1 is 1.00 bits per heavy atom. The molecule has 1 nitrogen and oxygen atoms in total. The molecule has 0 amide bonds. The molecule has 0 fully saturated rings. The van der Waals surface area contributed by atoms with Crippen molar-refractivity contribution < 1.29 is 0 Å². The molecule has 0 aliphatic heterocycles. The highest BCUT2D eigenvalue weighted by atomic mass is 32.2. The van der Waals surface area contributed by atoms with Crippen LogP contribution in [0.5, 0.6) is 0 Å². The molecule has 3 heteroatoms. The first-order valence-corrected chi connectivity index (χ1v) is 6.26. The van der Waals surface area contributed by atoms with Gasteiger partial charge in [0.05, 0.1) is 0 Å². The molecule has 0 N–H and O–H groups in total. The van der Waals surface area contributed by atoms with E-state index in [1.807, 2.05) is 23.5 Å². The lowest BCUT2D eigenvalue weighted by molar-refractivity contribution is 0.380. The number of nitrogens with zero attached hydrogens (tertiary/aromatic N) is 1. The van der Waals surface area contributed by atoms with Gasteiger partial charge in [-0.15, -0.1) is 0 Å². The van der Waals surface area contributed by atoms with E-state index in [1.54, 1.807) is 0 Å². The Bertz CT molecular complexity index is 60.6. The van der Waals surface area contributed by atoms with E-state index in [-0.39, 0.29) is 0 Å². The summed E-state index contributed by atoms with van der Waals surface area (Å²) in [6.45, 7) is 2.45. The second-order valence-corrected chi connectivity index (χ2v) is 4.26. The predicted octanol–water partition coefficient (Wildman–Crippen LogP) is 1.64. The fourth-order valence-electron chi connectivity index (χ4n) is 0.606. The van der Waals surface area contributed by atoms with E-state index >= 15 is 0 Å². The van der Waals surface area contributed by atoms with Gasteiger partial charge in [-0.05, 0) is 19.6 Å². The Balaban J connectivity index is 3.00. The van der Waals surface area contributed by atoms with Gasteiger partial charge in [0, 0.05) is 24.6 Å². The quantitative estimate of drug-likeness (QED) is 0.610. The molecule has 0 unspecified atom stereocenters. The van der Waals surface area contributed by atoms with Crippen LogP contribution in [0, 0.1) is 0 Å². The zero-order valence-electron chi connectivity index (χ0n) is 7.09. The molecule has 0 radical (unpaired) electrons. The largest absolute Gasteiger partial charge is 0.305 e. The summed E-state index contributed by atoms with van der Waals surface area (Å²) in [5.41, 5.74) is 0. The van der Waals surface area contributed by atoms with Crippen LogP contribution in [-0.4, -0.2) is 49.1 Å². The van der Waals surface area contributed by atoms with E-state index in [4.69, 9.17) is 0 Å². The monoisotopic (exact) mass is 179 g/mol. The first-order chi connectivity index (χ1) is 4.81. The van der Waals surface area contributed by atoms with Crippen molar-refractivity contribution in [1.29, 1.82) is 0 Å². The van der Waals surface area contributed by atoms with Crippen molar-refractivity contribution in [1.82, 2.24) is 4.90 Å². The summed E-state index contributed by atoms with van der Waals surface area (Å²) in [6, 6.07) is 0. The maximum absolute atomic E-state index is 2.38. The van der Waals surface area contributed by atoms with Crippen molar-refractivity contribution in [2.45, 2.75) is 0 Å². The smallest absolute Gasteiger partial charge is 0.00695 e. The predicted molar refractivity (Wildman–Crippen MR) is 54.3 cm³/mol. The third-order valence-electron chi connectivity index (χ3n) is 1.35. The highest BCUT2D eigenvalue weighted by Gasteiger charge is 1.94. The van der Waals surface area contributed by atoms with E-state index in [9.17, 15) is 0 Å². The minimum atomic E-state index is 1.22. The van der Waals surface area contributed by atoms with Gasteiger partial charge in [-0.3, -0.25) is 0 Å². The molecule has 10 heavy (non-hydrogen) atoms. The van der Waals surface area contributed by atoms with Gasteiger partial charge in [0.25, 0.3) is 0 Å². The average molecular weight is 179 g/mol. The molecule has 0 aromatic heterocycles. The Hall–Kier alpha value is 0.660. The Kier molecular flexibility index (Phi) is 8.28. The number of thioether (sulfide) groups is 2. The first kappa shape index (κ1) is 10.7. The lowest BCUT2D eigenvalue weighted by Crippen LogP contribution is -2.23. The van der Waals surface area contributed by atoms with Crippen LogP contribution in [0.2, 0.25) is 0 Å². The third kappa shape index (κ3) is 6.78. The topological polar surface area (TPSA) is 3.24 Å². The third-order valence-corrected chi connectivity index (χ3v) is 2.54. The molecule has 0 aliphatic rings. The van der Waals surface area contributed by atoms with Crippen molar-refractivity contribution in [2.75, 3.05) is 44.2 Å². The standard InChI is InChI=1S/C7H17NS2/c1-8(4-6-9-2)5-7-10-3/h4-7H2,1-3H3. The maximum atomic E-state index is 2.38. The SMILES string of the molecule is CSCCN(C)CCSC.